The topological polar surface area (TPSA) is 82.1 Å². The van der Waals surface area contributed by atoms with E-state index in [0.717, 1.165) is 22.2 Å². The maximum Gasteiger partial charge on any atom is 0.343 e. The van der Waals surface area contributed by atoms with Gasteiger partial charge in [0.1, 0.15) is 12.4 Å². The number of aryl methyl sites for hydroxylation is 1. The van der Waals surface area contributed by atoms with Crippen LogP contribution < -0.4 is 14.2 Å². The van der Waals surface area contributed by atoms with Gasteiger partial charge in [-0.25, -0.2) is 4.79 Å². The molecule has 0 radical (unpaired) electrons. The lowest BCUT2D eigenvalue weighted by Gasteiger charge is -2.13. The van der Waals surface area contributed by atoms with Crippen molar-refractivity contribution in [2.24, 2.45) is 0 Å². The molecule has 0 aromatic heterocycles. The second-order valence-corrected chi connectivity index (χ2v) is 9.46. The number of nitrogens with zero attached hydrogens (tertiary/aromatic N) is 1. The average Bonchev–Trinajstić information content (AvgIpc) is 3.14. The Morgan fingerprint density at radius 2 is 1.70 bits per heavy atom. The molecule has 3 aromatic carbocycles. The number of hydrogen-bond donors (Lipinski definition) is 0. The van der Waals surface area contributed by atoms with Gasteiger partial charge in [-0.05, 0) is 85.8 Å². The number of rotatable bonds is 9. The zero-order valence-electron chi connectivity index (χ0n) is 20.2. The average molecular weight is 538 g/mol. The second kappa shape index (κ2) is 12.0. The summed E-state index contributed by atoms with van der Waals surface area (Å²) in [6.07, 6.45) is 1.61. The molecule has 3 aromatic rings. The summed E-state index contributed by atoms with van der Waals surface area (Å²) in [5, 5.41) is 0.220. The Balaban J connectivity index is 1.44. The molecule has 1 aliphatic heterocycles. The summed E-state index contributed by atoms with van der Waals surface area (Å²) in [6, 6.07) is 18.9. The minimum absolute atomic E-state index is 0.114. The van der Waals surface area contributed by atoms with Crippen molar-refractivity contribution < 1.29 is 28.6 Å². The molecule has 7 nitrogen and oxygen atoms in total. The molecule has 0 atom stereocenters. The summed E-state index contributed by atoms with van der Waals surface area (Å²) in [5.41, 5.74) is 2.08. The lowest BCUT2D eigenvalue weighted by atomic mass is 10.1. The smallest absolute Gasteiger partial charge is 0.343 e. The number of ether oxygens (including phenoxy) is 3. The first-order chi connectivity index (χ1) is 17.8. The first kappa shape index (κ1) is 26.3. The van der Waals surface area contributed by atoms with Gasteiger partial charge >= 0.3 is 5.97 Å². The molecule has 1 fully saturated rings. The number of halogens is 1. The highest BCUT2D eigenvalue weighted by molar-refractivity contribution is 8.18. The Labute approximate surface area is 224 Å². The first-order valence-electron chi connectivity index (χ1n) is 11.5. The standard InChI is InChI=1S/C28H24ClNO6S/c1-3-34-24-16-19(6-13-23(24)36-27(32)20-7-4-18(2)5-8-20)17-25-26(31)30(28(33)37-25)14-15-35-22-11-9-21(29)10-12-22/h4-13,16-17H,3,14-15H2,1-2H3/b25-17-. The SMILES string of the molecule is CCOc1cc(/C=C2\SC(=O)N(CCOc3ccc(Cl)cc3)C2=O)ccc1OC(=O)c1ccc(C)cc1. The molecule has 1 aliphatic rings. The minimum atomic E-state index is -0.504. The van der Waals surface area contributed by atoms with E-state index in [2.05, 4.69) is 0 Å². The molecule has 4 rings (SSSR count). The number of imide groups is 1. The summed E-state index contributed by atoms with van der Waals surface area (Å²) in [6.45, 7) is 4.37. The van der Waals surface area contributed by atoms with Crippen molar-refractivity contribution in [3.8, 4) is 17.2 Å². The van der Waals surface area contributed by atoms with E-state index in [9.17, 15) is 14.4 Å². The third-order valence-corrected chi connectivity index (χ3v) is 6.49. The van der Waals surface area contributed by atoms with Crippen molar-refractivity contribution in [1.82, 2.24) is 4.90 Å². The van der Waals surface area contributed by atoms with E-state index < -0.39 is 11.9 Å². The molecule has 2 amide bonds. The predicted molar refractivity (Wildman–Crippen MR) is 143 cm³/mol. The van der Waals surface area contributed by atoms with Gasteiger partial charge in [-0.2, -0.15) is 0 Å². The Morgan fingerprint density at radius 3 is 2.41 bits per heavy atom. The van der Waals surface area contributed by atoms with Gasteiger partial charge in [0.2, 0.25) is 0 Å². The van der Waals surface area contributed by atoms with Gasteiger partial charge in [0.15, 0.2) is 11.5 Å². The van der Waals surface area contributed by atoms with Crippen molar-refractivity contribution in [3.63, 3.8) is 0 Å². The molecule has 0 unspecified atom stereocenters. The highest BCUT2D eigenvalue weighted by Crippen LogP contribution is 2.35. The fraction of sp³-hybridized carbons (Fsp3) is 0.179. The van der Waals surface area contributed by atoms with Crippen LogP contribution in [0.15, 0.2) is 71.6 Å². The third kappa shape index (κ3) is 6.72. The maximum absolute atomic E-state index is 12.9. The van der Waals surface area contributed by atoms with Crippen LogP contribution in [-0.4, -0.2) is 41.8 Å². The quantitative estimate of drug-likeness (QED) is 0.178. The van der Waals surface area contributed by atoms with E-state index in [4.69, 9.17) is 25.8 Å². The van der Waals surface area contributed by atoms with Crippen LogP contribution in [0.2, 0.25) is 5.02 Å². The molecule has 1 heterocycles. The number of hydrogen-bond acceptors (Lipinski definition) is 7. The fourth-order valence-electron chi connectivity index (χ4n) is 3.45. The van der Waals surface area contributed by atoms with E-state index in [1.54, 1.807) is 60.7 Å². The maximum atomic E-state index is 12.9. The lowest BCUT2D eigenvalue weighted by molar-refractivity contribution is -0.123. The Kier molecular flexibility index (Phi) is 8.53. The van der Waals surface area contributed by atoms with Gasteiger partial charge in [0.05, 0.1) is 23.6 Å². The van der Waals surface area contributed by atoms with E-state index in [1.165, 1.54) is 0 Å². The van der Waals surface area contributed by atoms with Crippen molar-refractivity contribution in [1.29, 1.82) is 0 Å². The number of esters is 1. The van der Waals surface area contributed by atoms with E-state index in [-0.39, 0.29) is 29.0 Å². The zero-order valence-corrected chi connectivity index (χ0v) is 21.8. The van der Waals surface area contributed by atoms with Gasteiger partial charge in [-0.1, -0.05) is 35.4 Å². The second-order valence-electron chi connectivity index (χ2n) is 8.03. The molecule has 0 N–H and O–H groups in total. The Morgan fingerprint density at radius 1 is 0.973 bits per heavy atom. The van der Waals surface area contributed by atoms with Gasteiger partial charge in [0, 0.05) is 5.02 Å². The van der Waals surface area contributed by atoms with Crippen LogP contribution >= 0.6 is 23.4 Å². The predicted octanol–water partition coefficient (Wildman–Crippen LogP) is 6.38. The van der Waals surface area contributed by atoms with E-state index in [0.29, 0.717) is 34.3 Å². The summed E-state index contributed by atoms with van der Waals surface area (Å²) < 4.78 is 16.8. The molecule has 0 bridgehead atoms. The normalized spacial score (nSPS) is 14.2. The molecule has 0 aliphatic carbocycles. The summed E-state index contributed by atoms with van der Waals surface area (Å²) >= 11 is 6.72. The first-order valence-corrected chi connectivity index (χ1v) is 12.7. The van der Waals surface area contributed by atoms with Crippen LogP contribution in [0, 0.1) is 6.92 Å². The number of thioether (sulfide) groups is 1. The van der Waals surface area contributed by atoms with Crippen LogP contribution in [0.1, 0.15) is 28.4 Å². The van der Waals surface area contributed by atoms with Crippen molar-refractivity contribution >= 4 is 46.6 Å². The van der Waals surface area contributed by atoms with E-state index >= 15 is 0 Å². The van der Waals surface area contributed by atoms with Gasteiger partial charge < -0.3 is 14.2 Å². The Bertz CT molecular complexity index is 1340. The van der Waals surface area contributed by atoms with Crippen molar-refractivity contribution in [2.75, 3.05) is 19.8 Å². The lowest BCUT2D eigenvalue weighted by Crippen LogP contribution is -2.32. The number of amides is 2. The molecule has 1 saturated heterocycles. The van der Waals surface area contributed by atoms with E-state index in [1.807, 2.05) is 26.0 Å². The zero-order chi connectivity index (χ0) is 26.4. The number of benzene rings is 3. The van der Waals surface area contributed by atoms with Gasteiger partial charge in [0.25, 0.3) is 11.1 Å². The Hall–Kier alpha value is -3.75. The van der Waals surface area contributed by atoms with Crippen molar-refractivity contribution in [3.05, 3.63) is 93.3 Å². The molecular formula is C28H24ClNO6S. The van der Waals surface area contributed by atoms with Crippen molar-refractivity contribution in [2.45, 2.75) is 13.8 Å². The van der Waals surface area contributed by atoms with Crippen LogP contribution in [0.4, 0.5) is 4.79 Å². The molecule has 0 saturated carbocycles. The molecule has 37 heavy (non-hydrogen) atoms. The van der Waals surface area contributed by atoms with Gasteiger partial charge in [-0.3, -0.25) is 14.5 Å². The summed E-state index contributed by atoms with van der Waals surface area (Å²) in [7, 11) is 0. The van der Waals surface area contributed by atoms with Crippen LogP contribution in [0.5, 0.6) is 17.2 Å². The highest BCUT2D eigenvalue weighted by atomic mass is 35.5. The molecule has 0 spiro atoms. The summed E-state index contributed by atoms with van der Waals surface area (Å²) in [5.74, 6) is 0.307. The van der Waals surface area contributed by atoms with Gasteiger partial charge in [-0.15, -0.1) is 0 Å². The summed E-state index contributed by atoms with van der Waals surface area (Å²) in [4.78, 5) is 39.3. The minimum Gasteiger partial charge on any atom is -0.492 e. The number of carbonyl (C=O) groups excluding carboxylic acids is 3. The van der Waals surface area contributed by atoms with Crippen LogP contribution in [0.3, 0.4) is 0 Å². The van der Waals surface area contributed by atoms with Crippen LogP contribution in [0.25, 0.3) is 6.08 Å². The number of carbonyl (C=O) groups is 3. The monoisotopic (exact) mass is 537 g/mol. The fourth-order valence-corrected chi connectivity index (χ4v) is 4.44. The highest BCUT2D eigenvalue weighted by Gasteiger charge is 2.34. The van der Waals surface area contributed by atoms with Crippen LogP contribution in [-0.2, 0) is 4.79 Å². The largest absolute Gasteiger partial charge is 0.492 e. The third-order valence-electron chi connectivity index (χ3n) is 5.33. The molecule has 190 valence electrons. The molecular weight excluding hydrogens is 514 g/mol. The molecule has 9 heteroatoms.